The minimum absolute atomic E-state index is 0.0277. The van der Waals surface area contributed by atoms with Gasteiger partial charge in [-0.05, 0) is 30.5 Å². The van der Waals surface area contributed by atoms with E-state index in [1.54, 1.807) is 12.3 Å². The van der Waals surface area contributed by atoms with Crippen molar-refractivity contribution in [1.29, 1.82) is 0 Å². The van der Waals surface area contributed by atoms with E-state index in [4.69, 9.17) is 0 Å². The first-order valence-corrected chi connectivity index (χ1v) is 10.8. The maximum Gasteiger partial charge on any atom is 0.417 e. The summed E-state index contributed by atoms with van der Waals surface area (Å²) in [5.74, 6) is 0.596. The van der Waals surface area contributed by atoms with E-state index in [0.717, 1.165) is 35.7 Å². The van der Waals surface area contributed by atoms with E-state index in [0.29, 0.717) is 36.6 Å². The summed E-state index contributed by atoms with van der Waals surface area (Å²) >= 11 is 1.14. The number of nitrogens with zero attached hydrogens (tertiary/aromatic N) is 6. The van der Waals surface area contributed by atoms with Gasteiger partial charge in [0.15, 0.2) is 5.65 Å². The highest BCUT2D eigenvalue weighted by Crippen LogP contribution is 2.47. The monoisotopic (exact) mass is 470 g/mol. The summed E-state index contributed by atoms with van der Waals surface area (Å²) in [6.45, 7) is 2.20. The molecule has 32 heavy (non-hydrogen) atoms. The van der Waals surface area contributed by atoms with E-state index in [1.807, 2.05) is 4.31 Å². The van der Waals surface area contributed by atoms with Crippen LogP contribution in [-0.4, -0.2) is 56.7 Å². The fraction of sp³-hybridized carbons (Fsp3) is 0.450. The topological polar surface area (TPSA) is 50.1 Å². The Morgan fingerprint density at radius 3 is 2.62 bits per heavy atom. The Hall–Kier alpha value is -2.47. The van der Waals surface area contributed by atoms with Crippen LogP contribution in [0.3, 0.4) is 0 Å². The third kappa shape index (κ3) is 4.01. The molecular formula is C20H19F5N6S. The lowest BCUT2D eigenvalue weighted by Gasteiger charge is -2.47. The van der Waals surface area contributed by atoms with Crippen molar-refractivity contribution >= 4 is 28.9 Å². The van der Waals surface area contributed by atoms with Gasteiger partial charge in [-0.1, -0.05) is 12.1 Å². The predicted octanol–water partition coefficient (Wildman–Crippen LogP) is 4.33. The summed E-state index contributed by atoms with van der Waals surface area (Å²) in [5, 5.41) is 3.94. The van der Waals surface area contributed by atoms with Crippen LogP contribution in [0.25, 0.3) is 11.2 Å². The van der Waals surface area contributed by atoms with Crippen molar-refractivity contribution in [1.82, 2.24) is 24.1 Å². The summed E-state index contributed by atoms with van der Waals surface area (Å²) in [6, 6.07) is 5.60. The predicted molar refractivity (Wildman–Crippen MR) is 109 cm³/mol. The second-order valence-electron chi connectivity index (χ2n) is 8.21. The van der Waals surface area contributed by atoms with Crippen molar-refractivity contribution in [3.8, 4) is 0 Å². The van der Waals surface area contributed by atoms with Crippen molar-refractivity contribution < 1.29 is 22.0 Å². The van der Waals surface area contributed by atoms with Crippen LogP contribution in [0.1, 0.15) is 12.0 Å². The Balaban J connectivity index is 1.26. The minimum atomic E-state index is -4.38. The zero-order chi connectivity index (χ0) is 22.5. The summed E-state index contributed by atoms with van der Waals surface area (Å²) in [5.41, 5.74) is 0.124. The van der Waals surface area contributed by atoms with Gasteiger partial charge in [-0.15, -0.1) is 0 Å². The Labute approximate surface area is 184 Å². The summed E-state index contributed by atoms with van der Waals surface area (Å²) in [7, 11) is 0. The normalized spacial score (nSPS) is 18.8. The molecule has 1 aromatic carbocycles. The van der Waals surface area contributed by atoms with Crippen molar-refractivity contribution in [2.45, 2.75) is 30.5 Å². The molecule has 0 N–H and O–H groups in total. The van der Waals surface area contributed by atoms with Crippen molar-refractivity contribution in [3.05, 3.63) is 42.2 Å². The molecule has 0 amide bonds. The maximum atomic E-state index is 13.2. The highest BCUT2D eigenvalue weighted by atomic mass is 32.2. The van der Waals surface area contributed by atoms with Crippen LogP contribution in [0, 0.1) is 5.41 Å². The van der Waals surface area contributed by atoms with Gasteiger partial charge in [0.2, 0.25) is 0 Å². The third-order valence-corrected chi connectivity index (χ3v) is 6.92. The summed E-state index contributed by atoms with van der Waals surface area (Å²) < 4.78 is 68.4. The summed E-state index contributed by atoms with van der Waals surface area (Å²) in [4.78, 5) is 11.1. The lowest BCUT2D eigenvalue weighted by atomic mass is 9.81. The lowest BCUT2D eigenvalue weighted by molar-refractivity contribution is -0.139. The molecule has 3 aromatic rings. The van der Waals surface area contributed by atoms with Gasteiger partial charge in [-0.3, -0.25) is 0 Å². The first-order valence-electron chi connectivity index (χ1n) is 10.0. The van der Waals surface area contributed by atoms with Crippen molar-refractivity contribution in [2.75, 3.05) is 31.1 Å². The van der Waals surface area contributed by atoms with E-state index in [1.165, 1.54) is 18.3 Å². The Morgan fingerprint density at radius 1 is 1.09 bits per heavy atom. The van der Waals surface area contributed by atoms with Gasteiger partial charge in [-0.25, -0.2) is 27.7 Å². The van der Waals surface area contributed by atoms with Crippen LogP contribution in [0.5, 0.6) is 0 Å². The average Bonchev–Trinajstić information content (AvgIpc) is 3.32. The van der Waals surface area contributed by atoms with Crippen LogP contribution in [0.4, 0.5) is 27.8 Å². The second-order valence-corrected chi connectivity index (χ2v) is 9.35. The second kappa shape index (κ2) is 7.84. The van der Waals surface area contributed by atoms with E-state index in [-0.39, 0.29) is 10.3 Å². The molecule has 4 heterocycles. The smallest absolute Gasteiger partial charge is 0.355 e. The molecule has 0 aliphatic carbocycles. The SMILES string of the molecule is FC(F)Cn1ncc2ncc(N3CCC4(CN(Sc5ccccc5C(F)(F)F)C4)C3)nc21. The molecule has 2 saturated heterocycles. The highest BCUT2D eigenvalue weighted by Gasteiger charge is 2.49. The zero-order valence-corrected chi connectivity index (χ0v) is 17.6. The molecule has 12 heteroatoms. The largest absolute Gasteiger partial charge is 0.417 e. The van der Waals surface area contributed by atoms with E-state index >= 15 is 0 Å². The van der Waals surface area contributed by atoms with Crippen LogP contribution >= 0.6 is 11.9 Å². The minimum Gasteiger partial charge on any atom is -0.355 e. The molecule has 2 fully saturated rings. The van der Waals surface area contributed by atoms with Crippen LogP contribution in [-0.2, 0) is 12.7 Å². The number of halogens is 5. The number of benzene rings is 1. The molecule has 0 bridgehead atoms. The Bertz CT molecular complexity index is 1130. The van der Waals surface area contributed by atoms with E-state index in [2.05, 4.69) is 20.0 Å². The van der Waals surface area contributed by atoms with Gasteiger partial charge in [-0.2, -0.15) is 18.3 Å². The molecule has 0 radical (unpaired) electrons. The van der Waals surface area contributed by atoms with Gasteiger partial charge in [0.25, 0.3) is 6.43 Å². The molecule has 1 spiro atoms. The van der Waals surface area contributed by atoms with Gasteiger partial charge in [0, 0.05) is 36.5 Å². The van der Waals surface area contributed by atoms with Crippen LogP contribution in [0.15, 0.2) is 41.6 Å². The number of fused-ring (bicyclic) bond motifs is 1. The van der Waals surface area contributed by atoms with Crippen molar-refractivity contribution in [2.24, 2.45) is 5.41 Å². The maximum absolute atomic E-state index is 13.2. The number of rotatable bonds is 5. The molecule has 0 atom stereocenters. The first-order chi connectivity index (χ1) is 15.2. The quantitative estimate of drug-likeness (QED) is 0.409. The highest BCUT2D eigenvalue weighted by molar-refractivity contribution is 7.97. The summed E-state index contributed by atoms with van der Waals surface area (Å²) in [6.07, 6.45) is -3.02. The molecule has 2 aromatic heterocycles. The van der Waals surface area contributed by atoms with E-state index in [9.17, 15) is 22.0 Å². The first kappa shape index (κ1) is 21.4. The van der Waals surface area contributed by atoms with Crippen molar-refractivity contribution in [3.63, 3.8) is 0 Å². The lowest BCUT2D eigenvalue weighted by Crippen LogP contribution is -2.54. The van der Waals surface area contributed by atoms with Gasteiger partial charge in [0.05, 0.1) is 18.0 Å². The standard InChI is InChI=1S/C20H19F5N6S/c21-16(22)9-31-18-14(7-27-31)26-8-17(28-18)29-6-5-19(10-29)11-30(12-19)32-15-4-2-1-3-13(15)20(23,24)25/h1-4,7-8,16H,5-6,9-12H2. The molecule has 5 rings (SSSR count). The number of hydrogen-bond donors (Lipinski definition) is 0. The molecule has 6 nitrogen and oxygen atoms in total. The third-order valence-electron chi connectivity index (χ3n) is 5.85. The molecule has 2 aliphatic rings. The zero-order valence-electron chi connectivity index (χ0n) is 16.8. The fourth-order valence-electron chi connectivity index (χ4n) is 4.33. The number of alkyl halides is 5. The van der Waals surface area contributed by atoms with Crippen LogP contribution < -0.4 is 4.90 Å². The Kier molecular flexibility index (Phi) is 5.24. The fourth-order valence-corrected chi connectivity index (χ4v) is 5.71. The Morgan fingerprint density at radius 2 is 1.88 bits per heavy atom. The van der Waals surface area contributed by atoms with Gasteiger partial charge < -0.3 is 4.90 Å². The molecule has 2 aliphatic heterocycles. The number of hydrogen-bond acceptors (Lipinski definition) is 6. The number of anilines is 1. The molecule has 0 saturated carbocycles. The molecular weight excluding hydrogens is 451 g/mol. The van der Waals surface area contributed by atoms with Gasteiger partial charge in [0.1, 0.15) is 17.9 Å². The number of aromatic nitrogens is 4. The van der Waals surface area contributed by atoms with Crippen LogP contribution in [0.2, 0.25) is 0 Å². The average molecular weight is 470 g/mol. The molecule has 0 unspecified atom stereocenters. The van der Waals surface area contributed by atoms with E-state index < -0.39 is 24.7 Å². The van der Waals surface area contributed by atoms with Gasteiger partial charge >= 0.3 is 6.18 Å². The molecule has 170 valence electrons.